The van der Waals surface area contributed by atoms with Crippen molar-refractivity contribution in [1.29, 1.82) is 0 Å². The van der Waals surface area contributed by atoms with E-state index in [9.17, 15) is 4.79 Å². The maximum Gasteiger partial charge on any atom is 0.269 e. The van der Waals surface area contributed by atoms with E-state index in [1.54, 1.807) is 42.5 Å². The number of benzene rings is 2. The number of carbonyl (C=O) groups is 1. The van der Waals surface area contributed by atoms with Crippen LogP contribution in [0.3, 0.4) is 0 Å². The van der Waals surface area contributed by atoms with Gasteiger partial charge in [0.25, 0.3) is 5.91 Å². The van der Waals surface area contributed by atoms with Crippen molar-refractivity contribution < 1.29 is 4.79 Å². The molecule has 2 aromatic carbocycles. The minimum atomic E-state index is -0.356. The van der Waals surface area contributed by atoms with Gasteiger partial charge in [0, 0.05) is 16.9 Å². The van der Waals surface area contributed by atoms with Crippen LogP contribution in [-0.2, 0) is 0 Å². The Hall–Kier alpha value is -2.02. The summed E-state index contributed by atoms with van der Waals surface area (Å²) < 4.78 is 0. The lowest BCUT2D eigenvalue weighted by Gasteiger charge is -2.12. The van der Waals surface area contributed by atoms with E-state index in [1.807, 2.05) is 0 Å². The van der Waals surface area contributed by atoms with E-state index in [2.05, 4.69) is 16.2 Å². The maximum absolute atomic E-state index is 11.9. The van der Waals surface area contributed by atoms with E-state index < -0.39 is 0 Å². The first-order chi connectivity index (χ1) is 10.5. The summed E-state index contributed by atoms with van der Waals surface area (Å²) in [6, 6.07) is 11.6. The summed E-state index contributed by atoms with van der Waals surface area (Å²) in [5, 5.41) is 3.92. The highest BCUT2D eigenvalue weighted by Crippen LogP contribution is 2.24. The molecule has 0 bridgehead atoms. The summed E-state index contributed by atoms with van der Waals surface area (Å²) in [5.74, 6) is -0.356. The third-order valence-electron chi connectivity index (χ3n) is 2.62. The van der Waals surface area contributed by atoms with E-state index in [1.165, 1.54) is 0 Å². The van der Waals surface area contributed by atoms with Gasteiger partial charge in [-0.1, -0.05) is 29.3 Å². The average Bonchev–Trinajstić information content (AvgIpc) is 2.48. The highest BCUT2D eigenvalue weighted by Gasteiger charge is 2.06. The van der Waals surface area contributed by atoms with Crippen molar-refractivity contribution in [2.24, 2.45) is 0 Å². The minimum Gasteiger partial charge on any atom is -0.399 e. The number of hydrogen-bond donors (Lipinski definition) is 4. The van der Waals surface area contributed by atoms with E-state index in [4.69, 9.17) is 41.2 Å². The molecule has 0 heterocycles. The lowest BCUT2D eigenvalue weighted by molar-refractivity contribution is 0.0944. The van der Waals surface area contributed by atoms with Crippen molar-refractivity contribution in [2.45, 2.75) is 0 Å². The molecule has 2 rings (SSSR count). The number of rotatable bonds is 2. The molecule has 22 heavy (non-hydrogen) atoms. The molecule has 5 N–H and O–H groups in total. The average molecular weight is 355 g/mol. The number of anilines is 2. The van der Waals surface area contributed by atoms with Crippen molar-refractivity contribution in [3.05, 3.63) is 58.1 Å². The minimum absolute atomic E-state index is 0.204. The van der Waals surface area contributed by atoms with Gasteiger partial charge in [-0.05, 0) is 48.6 Å². The molecule has 0 atom stereocenters. The number of thiocarbonyl (C=S) groups is 1. The molecule has 5 nitrogen and oxygen atoms in total. The topological polar surface area (TPSA) is 79.2 Å². The van der Waals surface area contributed by atoms with Gasteiger partial charge >= 0.3 is 0 Å². The first-order valence-corrected chi connectivity index (χ1v) is 7.30. The smallest absolute Gasteiger partial charge is 0.269 e. The van der Waals surface area contributed by atoms with Crippen LogP contribution in [0.4, 0.5) is 11.4 Å². The van der Waals surface area contributed by atoms with Crippen LogP contribution < -0.4 is 21.9 Å². The number of halogens is 2. The van der Waals surface area contributed by atoms with Gasteiger partial charge in [0.05, 0.1) is 10.0 Å². The fourth-order valence-electron chi connectivity index (χ4n) is 1.60. The van der Waals surface area contributed by atoms with E-state index in [0.717, 1.165) is 0 Å². The van der Waals surface area contributed by atoms with Crippen LogP contribution in [-0.4, -0.2) is 11.0 Å². The molecule has 0 radical (unpaired) electrons. The number of amides is 1. The number of nitrogen functional groups attached to an aromatic ring is 1. The Morgan fingerprint density at radius 2 is 1.82 bits per heavy atom. The Morgan fingerprint density at radius 1 is 1.05 bits per heavy atom. The fraction of sp³-hybridized carbons (Fsp3) is 0. The predicted octanol–water partition coefficient (Wildman–Crippen LogP) is 3.21. The van der Waals surface area contributed by atoms with Crippen molar-refractivity contribution in [1.82, 2.24) is 10.9 Å². The predicted molar refractivity (Wildman–Crippen MR) is 94.1 cm³/mol. The van der Waals surface area contributed by atoms with Gasteiger partial charge in [-0.3, -0.25) is 15.6 Å². The molecular formula is C14H12Cl2N4OS. The number of hydrogen-bond acceptors (Lipinski definition) is 3. The van der Waals surface area contributed by atoms with Crippen LogP contribution in [0.5, 0.6) is 0 Å². The second kappa shape index (κ2) is 7.31. The number of nitrogens with two attached hydrogens (primary N) is 1. The van der Waals surface area contributed by atoms with Gasteiger partial charge in [0.1, 0.15) is 0 Å². The Morgan fingerprint density at radius 3 is 2.50 bits per heavy atom. The summed E-state index contributed by atoms with van der Waals surface area (Å²) >= 11 is 16.8. The Balaban J connectivity index is 1.90. The summed E-state index contributed by atoms with van der Waals surface area (Å²) in [6.45, 7) is 0. The molecule has 0 fully saturated rings. The molecule has 0 spiro atoms. The Labute approximate surface area is 142 Å². The molecule has 0 aromatic heterocycles. The van der Waals surface area contributed by atoms with Crippen molar-refractivity contribution >= 4 is 57.8 Å². The first-order valence-electron chi connectivity index (χ1n) is 6.13. The molecule has 0 aliphatic rings. The summed E-state index contributed by atoms with van der Waals surface area (Å²) in [5.41, 5.74) is 12.2. The van der Waals surface area contributed by atoms with Crippen LogP contribution >= 0.6 is 35.4 Å². The highest BCUT2D eigenvalue weighted by molar-refractivity contribution is 7.80. The van der Waals surface area contributed by atoms with E-state index in [-0.39, 0.29) is 11.0 Å². The van der Waals surface area contributed by atoms with Gasteiger partial charge in [-0.2, -0.15) is 0 Å². The largest absolute Gasteiger partial charge is 0.399 e. The van der Waals surface area contributed by atoms with E-state index in [0.29, 0.717) is 27.0 Å². The van der Waals surface area contributed by atoms with Gasteiger partial charge in [0.2, 0.25) is 0 Å². The van der Waals surface area contributed by atoms with Crippen LogP contribution in [0.25, 0.3) is 0 Å². The number of nitrogens with one attached hydrogen (secondary N) is 3. The molecular weight excluding hydrogens is 343 g/mol. The Bertz CT molecular complexity index is 724. The standard InChI is InChI=1S/C14H12Cl2N4OS/c15-11-5-4-10(7-12(11)16)18-14(22)20-19-13(21)8-2-1-3-9(17)6-8/h1-7H,17H2,(H,19,21)(H2,18,20,22). The second-order valence-corrected chi connectivity index (χ2v) is 5.51. The zero-order valence-corrected chi connectivity index (χ0v) is 13.5. The molecule has 0 unspecified atom stereocenters. The maximum atomic E-state index is 11.9. The summed E-state index contributed by atoms with van der Waals surface area (Å²) in [7, 11) is 0. The lowest BCUT2D eigenvalue weighted by Crippen LogP contribution is -2.43. The normalized spacial score (nSPS) is 9.91. The number of hydrazine groups is 1. The van der Waals surface area contributed by atoms with Crippen LogP contribution in [0.15, 0.2) is 42.5 Å². The molecule has 0 saturated heterocycles. The molecule has 8 heteroatoms. The van der Waals surface area contributed by atoms with Crippen LogP contribution in [0.2, 0.25) is 10.0 Å². The van der Waals surface area contributed by atoms with Crippen molar-refractivity contribution in [2.75, 3.05) is 11.1 Å². The van der Waals surface area contributed by atoms with Crippen LogP contribution in [0, 0.1) is 0 Å². The van der Waals surface area contributed by atoms with Gasteiger partial charge in [-0.25, -0.2) is 0 Å². The SMILES string of the molecule is Nc1cccc(C(=O)NNC(=S)Nc2ccc(Cl)c(Cl)c2)c1. The zero-order valence-electron chi connectivity index (χ0n) is 11.2. The molecule has 0 aliphatic heterocycles. The van der Waals surface area contributed by atoms with Crippen LogP contribution in [0.1, 0.15) is 10.4 Å². The fourth-order valence-corrected chi connectivity index (χ4v) is 2.07. The summed E-state index contributed by atoms with van der Waals surface area (Å²) in [6.07, 6.45) is 0. The van der Waals surface area contributed by atoms with E-state index >= 15 is 0 Å². The van der Waals surface area contributed by atoms with Crippen molar-refractivity contribution in [3.63, 3.8) is 0 Å². The number of carbonyl (C=O) groups excluding carboxylic acids is 1. The summed E-state index contributed by atoms with van der Waals surface area (Å²) in [4.78, 5) is 11.9. The van der Waals surface area contributed by atoms with Gasteiger partial charge in [-0.15, -0.1) is 0 Å². The highest BCUT2D eigenvalue weighted by atomic mass is 35.5. The lowest BCUT2D eigenvalue weighted by atomic mass is 10.2. The molecule has 114 valence electrons. The molecule has 0 saturated carbocycles. The monoisotopic (exact) mass is 354 g/mol. The third kappa shape index (κ3) is 4.49. The van der Waals surface area contributed by atoms with Gasteiger partial charge < -0.3 is 11.1 Å². The van der Waals surface area contributed by atoms with Crippen molar-refractivity contribution in [3.8, 4) is 0 Å². The molecule has 1 amide bonds. The van der Waals surface area contributed by atoms with Gasteiger partial charge in [0.15, 0.2) is 5.11 Å². The second-order valence-electron chi connectivity index (χ2n) is 4.29. The quantitative estimate of drug-likeness (QED) is 0.378. The third-order valence-corrected chi connectivity index (χ3v) is 3.56. The molecule has 2 aromatic rings. The first kappa shape index (κ1) is 16.4. The molecule has 0 aliphatic carbocycles. The zero-order chi connectivity index (χ0) is 16.1. The Kier molecular flexibility index (Phi) is 5.43.